The summed E-state index contributed by atoms with van der Waals surface area (Å²) in [4.78, 5) is 25.4. The first-order valence-corrected chi connectivity index (χ1v) is 7.79. The second kappa shape index (κ2) is 7.50. The number of carboxylic acids is 1. The van der Waals surface area contributed by atoms with Gasteiger partial charge in [-0.15, -0.1) is 0 Å². The number of nitrogens with zero attached hydrogens (tertiary/aromatic N) is 1. The molecule has 0 unspecified atom stereocenters. The lowest BCUT2D eigenvalue weighted by atomic mass is 9.92. The van der Waals surface area contributed by atoms with Crippen molar-refractivity contribution >= 4 is 12.0 Å². The molecule has 1 aliphatic rings. The molecule has 116 valence electrons. The molecule has 1 heterocycles. The van der Waals surface area contributed by atoms with E-state index in [1.54, 1.807) is 18.7 Å². The highest BCUT2D eigenvalue weighted by Gasteiger charge is 2.38. The molecule has 1 saturated heterocycles. The Morgan fingerprint density at radius 2 is 1.75 bits per heavy atom. The first kappa shape index (κ1) is 16.8. The van der Waals surface area contributed by atoms with Gasteiger partial charge in [-0.25, -0.2) is 9.59 Å². The molecule has 0 bridgehead atoms. The number of likely N-dealkylation sites (tertiary alicyclic amines) is 1. The van der Waals surface area contributed by atoms with Crippen LogP contribution < -0.4 is 5.32 Å². The molecule has 0 aromatic rings. The molecule has 1 rings (SSSR count). The first-order valence-electron chi connectivity index (χ1n) is 7.79. The Kier molecular flexibility index (Phi) is 6.30. The van der Waals surface area contributed by atoms with Gasteiger partial charge < -0.3 is 15.3 Å². The molecule has 0 atom stereocenters. The van der Waals surface area contributed by atoms with Crippen LogP contribution in [0.5, 0.6) is 0 Å². The predicted molar refractivity (Wildman–Crippen MR) is 78.7 cm³/mol. The average Bonchev–Trinajstić information content (AvgIpc) is 2.45. The van der Waals surface area contributed by atoms with E-state index in [-0.39, 0.29) is 6.03 Å². The van der Waals surface area contributed by atoms with E-state index in [4.69, 9.17) is 0 Å². The van der Waals surface area contributed by atoms with Gasteiger partial charge in [0.05, 0.1) is 0 Å². The fraction of sp³-hybridized carbons (Fsp3) is 0.867. The highest BCUT2D eigenvalue weighted by Crippen LogP contribution is 2.23. The predicted octanol–water partition coefficient (Wildman–Crippen LogP) is 2.85. The number of aliphatic carboxylic acids is 1. The SMILES string of the molecule is CCCC1CCN(C(=O)NC(CC)(CC)C(=O)O)CC1. The van der Waals surface area contributed by atoms with Crippen molar-refractivity contribution in [3.8, 4) is 0 Å². The van der Waals surface area contributed by atoms with Crippen molar-refractivity contribution in [2.75, 3.05) is 13.1 Å². The summed E-state index contributed by atoms with van der Waals surface area (Å²) in [7, 11) is 0. The summed E-state index contributed by atoms with van der Waals surface area (Å²) >= 11 is 0. The Bertz CT molecular complexity index is 332. The normalized spacial score (nSPS) is 17.1. The van der Waals surface area contributed by atoms with Gasteiger partial charge in [-0.1, -0.05) is 33.6 Å². The minimum Gasteiger partial charge on any atom is -0.480 e. The average molecular weight is 284 g/mol. The van der Waals surface area contributed by atoms with E-state index in [0.29, 0.717) is 18.8 Å². The number of carbonyl (C=O) groups excluding carboxylic acids is 1. The molecule has 0 radical (unpaired) electrons. The van der Waals surface area contributed by atoms with Gasteiger partial charge in [0.25, 0.3) is 0 Å². The summed E-state index contributed by atoms with van der Waals surface area (Å²) in [5, 5.41) is 12.1. The zero-order chi connectivity index (χ0) is 15.2. The second-order valence-electron chi connectivity index (χ2n) is 5.74. The summed E-state index contributed by atoms with van der Waals surface area (Å²) in [5.41, 5.74) is -1.13. The lowest BCUT2D eigenvalue weighted by molar-refractivity contribution is -0.144. The maximum absolute atomic E-state index is 12.3. The maximum atomic E-state index is 12.3. The van der Waals surface area contributed by atoms with Crippen LogP contribution in [-0.4, -0.2) is 40.6 Å². The zero-order valence-electron chi connectivity index (χ0n) is 12.9. The Hall–Kier alpha value is -1.26. The van der Waals surface area contributed by atoms with E-state index in [2.05, 4.69) is 12.2 Å². The van der Waals surface area contributed by atoms with E-state index in [1.165, 1.54) is 12.8 Å². The number of piperidine rings is 1. The van der Waals surface area contributed by atoms with E-state index in [0.717, 1.165) is 25.9 Å². The summed E-state index contributed by atoms with van der Waals surface area (Å²) in [6.45, 7) is 7.25. The van der Waals surface area contributed by atoms with Crippen molar-refractivity contribution < 1.29 is 14.7 Å². The van der Waals surface area contributed by atoms with Crippen LogP contribution in [0.25, 0.3) is 0 Å². The van der Waals surface area contributed by atoms with Crippen LogP contribution >= 0.6 is 0 Å². The van der Waals surface area contributed by atoms with Crippen molar-refractivity contribution in [2.24, 2.45) is 5.92 Å². The molecule has 20 heavy (non-hydrogen) atoms. The van der Waals surface area contributed by atoms with Gasteiger partial charge in [0.1, 0.15) is 5.54 Å². The molecule has 1 fully saturated rings. The van der Waals surface area contributed by atoms with Gasteiger partial charge >= 0.3 is 12.0 Å². The highest BCUT2D eigenvalue weighted by atomic mass is 16.4. The highest BCUT2D eigenvalue weighted by molar-refractivity contribution is 5.86. The van der Waals surface area contributed by atoms with Gasteiger partial charge in [-0.05, 0) is 31.6 Å². The van der Waals surface area contributed by atoms with Crippen LogP contribution in [0, 0.1) is 5.92 Å². The Morgan fingerprint density at radius 3 is 2.15 bits per heavy atom. The molecule has 0 aromatic carbocycles. The second-order valence-corrected chi connectivity index (χ2v) is 5.74. The largest absolute Gasteiger partial charge is 0.480 e. The number of rotatable bonds is 6. The summed E-state index contributed by atoms with van der Waals surface area (Å²) in [5.74, 6) is -0.234. The topological polar surface area (TPSA) is 69.6 Å². The summed E-state index contributed by atoms with van der Waals surface area (Å²) in [6, 6.07) is -0.231. The van der Waals surface area contributed by atoms with Crippen LogP contribution in [0.4, 0.5) is 4.79 Å². The van der Waals surface area contributed by atoms with E-state index < -0.39 is 11.5 Å². The monoisotopic (exact) mass is 284 g/mol. The van der Waals surface area contributed by atoms with Gasteiger partial charge in [0.15, 0.2) is 0 Å². The van der Waals surface area contributed by atoms with Gasteiger partial charge in [-0.2, -0.15) is 0 Å². The number of hydrogen-bond acceptors (Lipinski definition) is 2. The number of nitrogens with one attached hydrogen (secondary N) is 1. The molecule has 2 N–H and O–H groups in total. The molecular formula is C15H28N2O3. The molecule has 0 aromatic heterocycles. The lowest BCUT2D eigenvalue weighted by Gasteiger charge is -2.35. The van der Waals surface area contributed by atoms with Gasteiger partial charge in [0.2, 0.25) is 0 Å². The molecule has 0 saturated carbocycles. The van der Waals surface area contributed by atoms with Crippen molar-refractivity contribution in [1.29, 1.82) is 0 Å². The van der Waals surface area contributed by atoms with Gasteiger partial charge in [0, 0.05) is 13.1 Å². The molecule has 5 nitrogen and oxygen atoms in total. The molecule has 2 amide bonds. The molecule has 5 heteroatoms. The van der Waals surface area contributed by atoms with Crippen molar-refractivity contribution in [3.63, 3.8) is 0 Å². The number of urea groups is 1. The van der Waals surface area contributed by atoms with Crippen LogP contribution in [0.15, 0.2) is 0 Å². The summed E-state index contributed by atoms with van der Waals surface area (Å²) in [6.07, 6.45) is 5.26. The summed E-state index contributed by atoms with van der Waals surface area (Å²) < 4.78 is 0. The van der Waals surface area contributed by atoms with Crippen LogP contribution in [0.2, 0.25) is 0 Å². The molecular weight excluding hydrogens is 256 g/mol. The molecule has 0 aliphatic carbocycles. The number of carboxylic acid groups (broad SMARTS) is 1. The van der Waals surface area contributed by atoms with Crippen molar-refractivity contribution in [1.82, 2.24) is 10.2 Å². The number of hydrogen-bond donors (Lipinski definition) is 2. The third kappa shape index (κ3) is 3.87. The van der Waals surface area contributed by atoms with Crippen molar-refractivity contribution in [3.05, 3.63) is 0 Å². The number of amides is 2. The number of carbonyl (C=O) groups is 2. The minimum absolute atomic E-state index is 0.231. The van der Waals surface area contributed by atoms with E-state index in [1.807, 2.05) is 0 Å². The van der Waals surface area contributed by atoms with Crippen molar-refractivity contribution in [2.45, 2.75) is 64.8 Å². The minimum atomic E-state index is -1.13. The Morgan fingerprint density at radius 1 is 1.20 bits per heavy atom. The van der Waals surface area contributed by atoms with Crippen LogP contribution in [0.3, 0.4) is 0 Å². The quantitative estimate of drug-likeness (QED) is 0.788. The molecule has 0 spiro atoms. The van der Waals surface area contributed by atoms with E-state index in [9.17, 15) is 14.7 Å². The third-order valence-corrected chi connectivity index (χ3v) is 4.56. The third-order valence-electron chi connectivity index (χ3n) is 4.56. The molecule has 1 aliphatic heterocycles. The van der Waals surface area contributed by atoms with Crippen LogP contribution in [0.1, 0.15) is 59.3 Å². The Labute approximate surface area is 121 Å². The smallest absolute Gasteiger partial charge is 0.329 e. The lowest BCUT2D eigenvalue weighted by Crippen LogP contribution is -2.58. The maximum Gasteiger partial charge on any atom is 0.329 e. The fourth-order valence-corrected chi connectivity index (χ4v) is 2.90. The van der Waals surface area contributed by atoms with Gasteiger partial charge in [-0.3, -0.25) is 0 Å². The first-order chi connectivity index (χ1) is 9.49. The zero-order valence-corrected chi connectivity index (χ0v) is 12.9. The van der Waals surface area contributed by atoms with Crippen LogP contribution in [-0.2, 0) is 4.79 Å². The fourth-order valence-electron chi connectivity index (χ4n) is 2.90. The standard InChI is InChI=1S/C15H28N2O3/c1-4-7-12-8-10-17(11-9-12)14(20)16-15(5-2,6-3)13(18)19/h12H,4-11H2,1-3H3,(H,16,20)(H,18,19). The van der Waals surface area contributed by atoms with E-state index >= 15 is 0 Å². The Balaban J connectivity index is 2.57.